The number of ether oxygens (including phenoxy) is 1. The van der Waals surface area contributed by atoms with Crippen LogP contribution < -0.4 is 0 Å². The Hall–Kier alpha value is -1.21. The second-order valence-corrected chi connectivity index (χ2v) is 4.92. The van der Waals surface area contributed by atoms with Crippen molar-refractivity contribution in [3.05, 3.63) is 5.41 Å². The molecule has 0 spiro atoms. The van der Waals surface area contributed by atoms with Gasteiger partial charge in [-0.15, -0.1) is 6.01 Å². The lowest BCUT2D eigenvalue weighted by Gasteiger charge is -2.33. The molecule has 0 aromatic heterocycles. The summed E-state index contributed by atoms with van der Waals surface area (Å²) in [6.45, 7) is 10.4. The molecule has 0 N–H and O–H groups in total. The first-order valence-corrected chi connectivity index (χ1v) is 7.15. The molecule has 19 heavy (non-hydrogen) atoms. The highest BCUT2D eigenvalue weighted by atomic mass is 16.5. The van der Waals surface area contributed by atoms with Gasteiger partial charge in [0.15, 0.2) is 6.73 Å². The normalized spacial score (nSPS) is 15.8. The zero-order valence-corrected chi connectivity index (χ0v) is 12.3. The molecule has 0 bridgehead atoms. The summed E-state index contributed by atoms with van der Waals surface area (Å²) in [5.41, 5.74) is 0. The highest BCUT2D eigenvalue weighted by molar-refractivity contribution is 5.46. The van der Waals surface area contributed by atoms with Crippen LogP contribution in [0.5, 0.6) is 0 Å². The van der Waals surface area contributed by atoms with Crippen LogP contribution in [0.15, 0.2) is 4.99 Å². The van der Waals surface area contributed by atoms with E-state index < -0.39 is 0 Å². The first-order chi connectivity index (χ1) is 9.24. The number of rotatable bonds is 7. The Balaban J connectivity index is 0.000000555. The lowest BCUT2D eigenvalue weighted by molar-refractivity contribution is -0.935. The summed E-state index contributed by atoms with van der Waals surface area (Å²) in [5, 5.41) is 14.9. The minimum atomic E-state index is 0.937. The predicted octanol–water partition coefficient (Wildman–Crippen LogP) is 2.99. The molecule has 0 amide bonds. The number of quaternary nitrogens is 1. The maximum Gasteiger partial charge on any atom is 0.183 e. The number of hydrogen-bond acceptors (Lipinski definition) is 3. The van der Waals surface area contributed by atoms with Crippen LogP contribution >= 0.6 is 0 Å². The molecule has 1 aliphatic heterocycles. The average Bonchev–Trinajstić information content (AvgIpc) is 2.88. The molecule has 1 saturated heterocycles. The standard InChI is InChI=1S/C12H26NO.C2N3/c1-3-5-8-13(9-6-7-10-13)12-14-11-4-2;3-1-5-2-4/h3-12H2,1-2H3;/q+1;-1. The van der Waals surface area contributed by atoms with Crippen molar-refractivity contribution in [2.75, 3.05) is 33.0 Å². The average molecular weight is 266 g/mol. The van der Waals surface area contributed by atoms with E-state index in [2.05, 4.69) is 18.8 Å². The minimum Gasteiger partial charge on any atom is -0.422 e. The fraction of sp³-hybridized carbons (Fsp3) is 0.857. The summed E-state index contributed by atoms with van der Waals surface area (Å²) < 4.78 is 6.98. The largest absolute Gasteiger partial charge is 0.422 e. The molecule has 0 saturated carbocycles. The van der Waals surface area contributed by atoms with Gasteiger partial charge in [0, 0.05) is 12.8 Å². The number of nitrogens with zero attached hydrogens (tertiary/aromatic N) is 4. The van der Waals surface area contributed by atoms with Crippen LogP contribution in [0.2, 0.25) is 0 Å². The third-order valence-electron chi connectivity index (χ3n) is 3.31. The van der Waals surface area contributed by atoms with Crippen molar-refractivity contribution < 1.29 is 9.22 Å². The van der Waals surface area contributed by atoms with Crippen molar-refractivity contribution in [3.63, 3.8) is 0 Å². The molecule has 1 rings (SSSR count). The molecule has 0 unspecified atom stereocenters. The van der Waals surface area contributed by atoms with Crippen LogP contribution in [-0.2, 0) is 4.74 Å². The van der Waals surface area contributed by atoms with Gasteiger partial charge in [0.2, 0.25) is 0 Å². The molecule has 5 heteroatoms. The summed E-state index contributed by atoms with van der Waals surface area (Å²) in [7, 11) is 0. The van der Waals surface area contributed by atoms with Gasteiger partial charge in [-0.2, -0.15) is 5.26 Å². The van der Waals surface area contributed by atoms with Crippen LogP contribution in [0.25, 0.3) is 5.41 Å². The SMILES string of the molecule is CCCC[N+]1(COCCC)CCCC1.N#CN=C=[N-]. The molecule has 0 aliphatic carbocycles. The first kappa shape index (κ1) is 17.8. The minimum absolute atomic E-state index is 0.937. The van der Waals surface area contributed by atoms with Gasteiger partial charge in [-0.1, -0.05) is 20.3 Å². The molecular weight excluding hydrogens is 240 g/mol. The van der Waals surface area contributed by atoms with Gasteiger partial charge < -0.3 is 19.6 Å². The Bertz CT molecular complexity index is 299. The van der Waals surface area contributed by atoms with Gasteiger partial charge in [-0.3, -0.25) is 0 Å². The van der Waals surface area contributed by atoms with Gasteiger partial charge >= 0.3 is 0 Å². The molecule has 0 aromatic carbocycles. The number of likely N-dealkylation sites (tertiary alicyclic amines) is 1. The summed E-state index contributed by atoms with van der Waals surface area (Å²) in [6.07, 6.45) is 7.90. The van der Waals surface area contributed by atoms with Gasteiger partial charge in [0.1, 0.15) is 0 Å². The Kier molecular flexibility index (Phi) is 11.1. The topological polar surface area (TPSA) is 67.7 Å². The monoisotopic (exact) mass is 266 g/mol. The zero-order chi connectivity index (χ0) is 14.4. The smallest absolute Gasteiger partial charge is 0.183 e. The van der Waals surface area contributed by atoms with Crippen molar-refractivity contribution in [3.8, 4) is 6.19 Å². The predicted molar refractivity (Wildman–Crippen MR) is 76.5 cm³/mol. The maximum absolute atomic E-state index is 7.43. The van der Waals surface area contributed by atoms with E-state index in [9.17, 15) is 0 Å². The van der Waals surface area contributed by atoms with E-state index in [1.54, 1.807) is 0 Å². The summed E-state index contributed by atoms with van der Waals surface area (Å²) in [4.78, 5) is 2.58. The molecule has 1 aliphatic rings. The van der Waals surface area contributed by atoms with E-state index in [0.717, 1.165) is 19.8 Å². The quantitative estimate of drug-likeness (QED) is 0.308. The van der Waals surface area contributed by atoms with E-state index in [1.807, 2.05) is 0 Å². The maximum atomic E-state index is 7.43. The van der Waals surface area contributed by atoms with Crippen molar-refractivity contribution in [2.45, 2.75) is 46.0 Å². The van der Waals surface area contributed by atoms with E-state index in [4.69, 9.17) is 15.4 Å². The second-order valence-electron chi connectivity index (χ2n) is 4.92. The van der Waals surface area contributed by atoms with E-state index >= 15 is 0 Å². The molecule has 0 radical (unpaired) electrons. The van der Waals surface area contributed by atoms with E-state index in [1.165, 1.54) is 62.0 Å². The van der Waals surface area contributed by atoms with Crippen molar-refractivity contribution in [1.82, 2.24) is 0 Å². The summed E-state index contributed by atoms with van der Waals surface area (Å²) in [5.74, 6) is 0. The van der Waals surface area contributed by atoms with Crippen molar-refractivity contribution >= 4 is 6.01 Å². The Labute approximate surface area is 117 Å². The Morgan fingerprint density at radius 2 is 1.95 bits per heavy atom. The van der Waals surface area contributed by atoms with E-state index in [-0.39, 0.29) is 0 Å². The highest BCUT2D eigenvalue weighted by Crippen LogP contribution is 2.20. The van der Waals surface area contributed by atoms with Crippen LogP contribution in [0, 0.1) is 11.5 Å². The van der Waals surface area contributed by atoms with Crippen LogP contribution in [-0.4, -0.2) is 43.5 Å². The first-order valence-electron chi connectivity index (χ1n) is 7.15. The number of aliphatic imine (C=N–C) groups is 1. The molecule has 108 valence electrons. The second kappa shape index (κ2) is 11.9. The molecule has 1 heterocycles. The Morgan fingerprint density at radius 1 is 1.26 bits per heavy atom. The van der Waals surface area contributed by atoms with Crippen molar-refractivity contribution in [2.24, 2.45) is 4.99 Å². The molecular formula is C14H26N4O. The summed E-state index contributed by atoms with van der Waals surface area (Å²) in [6, 6.07) is 1.28. The van der Waals surface area contributed by atoms with Crippen LogP contribution in [0.3, 0.4) is 0 Å². The fourth-order valence-corrected chi connectivity index (χ4v) is 2.34. The van der Waals surface area contributed by atoms with Gasteiger partial charge in [-0.05, 0) is 12.8 Å². The van der Waals surface area contributed by atoms with Gasteiger partial charge in [0.05, 0.1) is 32.4 Å². The third-order valence-corrected chi connectivity index (χ3v) is 3.31. The lowest BCUT2D eigenvalue weighted by Crippen LogP contribution is -2.47. The fourth-order valence-electron chi connectivity index (χ4n) is 2.34. The summed E-state index contributed by atoms with van der Waals surface area (Å²) >= 11 is 0. The van der Waals surface area contributed by atoms with Gasteiger partial charge in [0.25, 0.3) is 0 Å². The van der Waals surface area contributed by atoms with Crippen LogP contribution in [0.1, 0.15) is 46.0 Å². The molecule has 1 fully saturated rings. The number of unbranched alkanes of at least 4 members (excludes halogenated alkanes) is 1. The number of nitriles is 1. The van der Waals surface area contributed by atoms with E-state index in [0.29, 0.717) is 0 Å². The third kappa shape index (κ3) is 8.50. The highest BCUT2D eigenvalue weighted by Gasteiger charge is 2.31. The van der Waals surface area contributed by atoms with Crippen LogP contribution in [0.4, 0.5) is 0 Å². The molecule has 0 atom stereocenters. The van der Waals surface area contributed by atoms with Crippen molar-refractivity contribution in [1.29, 1.82) is 5.26 Å². The van der Waals surface area contributed by atoms with Gasteiger partial charge in [-0.25, -0.2) is 0 Å². The zero-order valence-electron chi connectivity index (χ0n) is 12.3. The lowest BCUT2D eigenvalue weighted by atomic mass is 10.3. The molecule has 5 nitrogen and oxygen atoms in total. The molecule has 0 aromatic rings. The number of hydrogen-bond donors (Lipinski definition) is 0. The Morgan fingerprint density at radius 3 is 2.37 bits per heavy atom.